The number of aromatic amines is 1. The Balaban J connectivity index is 1.48. The molecule has 0 bridgehead atoms. The van der Waals surface area contributed by atoms with E-state index in [4.69, 9.17) is 9.72 Å². The number of rotatable bonds is 4. The van der Waals surface area contributed by atoms with Crippen LogP contribution in [0.15, 0.2) is 10.9 Å². The number of sulfonamides is 1. The Kier molecular flexibility index (Phi) is 5.44. The minimum atomic E-state index is -3.37. The molecule has 1 N–H and O–H groups in total. The summed E-state index contributed by atoms with van der Waals surface area (Å²) >= 11 is 0. The molecule has 2 fully saturated rings. The molecule has 0 aromatic carbocycles. The van der Waals surface area contributed by atoms with Gasteiger partial charge in [0.2, 0.25) is 10.0 Å². The second-order valence-corrected chi connectivity index (χ2v) is 11.6. The van der Waals surface area contributed by atoms with Crippen LogP contribution in [-0.4, -0.2) is 69.8 Å². The Bertz CT molecular complexity index is 1130. The van der Waals surface area contributed by atoms with Gasteiger partial charge in [-0.05, 0) is 39.5 Å². The summed E-state index contributed by atoms with van der Waals surface area (Å²) in [5.41, 5.74) is 2.87. The van der Waals surface area contributed by atoms with Crippen molar-refractivity contribution in [3.05, 3.63) is 33.4 Å². The van der Waals surface area contributed by atoms with Crippen molar-refractivity contribution in [1.29, 1.82) is 0 Å². The van der Waals surface area contributed by atoms with Crippen LogP contribution in [0.5, 0.6) is 0 Å². The summed E-state index contributed by atoms with van der Waals surface area (Å²) in [5.74, 6) is 0. The molecule has 0 amide bonds. The third-order valence-electron chi connectivity index (χ3n) is 7.00. The minimum Gasteiger partial charge on any atom is -0.381 e. The molecule has 9 nitrogen and oxygen atoms in total. The molecule has 31 heavy (non-hydrogen) atoms. The van der Waals surface area contributed by atoms with Gasteiger partial charge in [0.1, 0.15) is 0 Å². The average Bonchev–Trinajstić information content (AvgIpc) is 3.42. The second-order valence-electron chi connectivity index (χ2n) is 9.17. The van der Waals surface area contributed by atoms with Crippen LogP contribution in [0.4, 0.5) is 0 Å². The van der Waals surface area contributed by atoms with Gasteiger partial charge < -0.3 is 4.74 Å². The van der Waals surface area contributed by atoms with Crippen LogP contribution >= 0.6 is 0 Å². The highest BCUT2D eigenvalue weighted by atomic mass is 32.2. The van der Waals surface area contributed by atoms with Crippen LogP contribution in [-0.2, 0) is 27.7 Å². The normalized spacial score (nSPS) is 24.3. The molecular formula is C21H31N5O4S. The third kappa shape index (κ3) is 3.63. The molecule has 0 unspecified atom stereocenters. The summed E-state index contributed by atoms with van der Waals surface area (Å²) in [7, 11) is -3.37. The fourth-order valence-corrected chi connectivity index (χ4v) is 6.68. The maximum absolute atomic E-state index is 13.3. The monoisotopic (exact) mass is 449 g/mol. The van der Waals surface area contributed by atoms with E-state index in [2.05, 4.69) is 10.00 Å². The molecule has 5 heterocycles. The molecule has 1 atom stereocenters. The van der Waals surface area contributed by atoms with Crippen molar-refractivity contribution in [2.24, 2.45) is 0 Å². The molecule has 0 aliphatic carbocycles. The van der Waals surface area contributed by atoms with Crippen LogP contribution in [0, 0.1) is 0 Å². The zero-order valence-corrected chi connectivity index (χ0v) is 19.0. The maximum atomic E-state index is 13.3. The molecular weight excluding hydrogens is 418 g/mol. The quantitative estimate of drug-likeness (QED) is 0.758. The predicted octanol–water partition coefficient (Wildman–Crippen LogP) is 1.43. The van der Waals surface area contributed by atoms with Gasteiger partial charge in [0, 0.05) is 51.4 Å². The molecule has 5 rings (SSSR count). The van der Waals surface area contributed by atoms with Crippen molar-refractivity contribution in [1.82, 2.24) is 23.8 Å². The Hall–Kier alpha value is -1.75. The number of ether oxygens (including phenoxy) is 1. The molecule has 0 saturated carbocycles. The minimum absolute atomic E-state index is 0.0701. The lowest BCUT2D eigenvalue weighted by Crippen LogP contribution is -2.44. The van der Waals surface area contributed by atoms with Gasteiger partial charge in [-0.25, -0.2) is 17.9 Å². The molecule has 10 heteroatoms. The summed E-state index contributed by atoms with van der Waals surface area (Å²) in [6.07, 6.45) is 4.31. The van der Waals surface area contributed by atoms with Gasteiger partial charge in [-0.3, -0.25) is 14.8 Å². The lowest BCUT2D eigenvalue weighted by atomic mass is 10.0. The van der Waals surface area contributed by atoms with Gasteiger partial charge in [-0.1, -0.05) is 0 Å². The van der Waals surface area contributed by atoms with E-state index in [9.17, 15) is 13.2 Å². The number of H-pyrrole nitrogens is 1. The first-order chi connectivity index (χ1) is 14.9. The summed E-state index contributed by atoms with van der Waals surface area (Å²) < 4.78 is 34.2. The fourth-order valence-electron chi connectivity index (χ4n) is 5.18. The zero-order chi connectivity index (χ0) is 21.8. The fraction of sp³-hybridized carbons (Fsp3) is 0.714. The molecule has 2 aromatic heterocycles. The number of nitrogens with zero attached hydrogens (tertiary/aromatic N) is 4. The molecule has 0 radical (unpaired) electrons. The SMILES string of the molecule is CC(C)S(=O)(=O)N1CCC[C@@H]1c1cc2nc3c(c(=O)n2[nH]1)CN(C1CCOCC1)CC3. The average molecular weight is 450 g/mol. The van der Waals surface area contributed by atoms with Crippen LogP contribution in [0.3, 0.4) is 0 Å². The molecule has 0 spiro atoms. The van der Waals surface area contributed by atoms with E-state index in [1.807, 2.05) is 6.07 Å². The van der Waals surface area contributed by atoms with Gasteiger partial charge in [0.05, 0.1) is 28.2 Å². The smallest absolute Gasteiger partial charge is 0.277 e. The van der Waals surface area contributed by atoms with Gasteiger partial charge in [0.15, 0.2) is 5.65 Å². The summed E-state index contributed by atoms with van der Waals surface area (Å²) in [4.78, 5) is 20.5. The van der Waals surface area contributed by atoms with Crippen LogP contribution in [0.2, 0.25) is 0 Å². The van der Waals surface area contributed by atoms with E-state index >= 15 is 0 Å². The van der Waals surface area contributed by atoms with Gasteiger partial charge in [-0.15, -0.1) is 0 Å². The van der Waals surface area contributed by atoms with E-state index < -0.39 is 15.3 Å². The van der Waals surface area contributed by atoms with Crippen LogP contribution in [0.25, 0.3) is 5.65 Å². The number of nitrogens with one attached hydrogen (secondary N) is 1. The van der Waals surface area contributed by atoms with E-state index in [1.54, 1.807) is 18.2 Å². The van der Waals surface area contributed by atoms with Gasteiger partial charge in [0.25, 0.3) is 5.56 Å². The highest BCUT2D eigenvalue weighted by Gasteiger charge is 2.38. The van der Waals surface area contributed by atoms with Crippen LogP contribution in [0.1, 0.15) is 62.5 Å². The highest BCUT2D eigenvalue weighted by Crippen LogP contribution is 2.35. The number of hydrogen-bond donors (Lipinski definition) is 1. The number of fused-ring (bicyclic) bond motifs is 2. The number of hydrogen-bond acceptors (Lipinski definition) is 6. The molecule has 170 valence electrons. The Morgan fingerprint density at radius 2 is 1.97 bits per heavy atom. The van der Waals surface area contributed by atoms with Crippen molar-refractivity contribution in [2.75, 3.05) is 26.3 Å². The molecule has 3 aliphatic rings. The van der Waals surface area contributed by atoms with Gasteiger partial charge >= 0.3 is 0 Å². The topological polar surface area (TPSA) is 100 Å². The lowest BCUT2D eigenvalue weighted by Gasteiger charge is -2.36. The first-order valence-corrected chi connectivity index (χ1v) is 12.8. The molecule has 2 saturated heterocycles. The lowest BCUT2D eigenvalue weighted by molar-refractivity contribution is 0.0286. The number of aromatic nitrogens is 3. The maximum Gasteiger partial charge on any atom is 0.277 e. The van der Waals surface area contributed by atoms with E-state index in [-0.39, 0.29) is 11.6 Å². The van der Waals surface area contributed by atoms with E-state index in [0.29, 0.717) is 24.8 Å². The van der Waals surface area contributed by atoms with Gasteiger partial charge in [-0.2, -0.15) is 4.31 Å². The Morgan fingerprint density at radius 3 is 2.71 bits per heavy atom. The van der Waals surface area contributed by atoms with Crippen LogP contribution < -0.4 is 5.56 Å². The Labute approximate surface area is 182 Å². The predicted molar refractivity (Wildman–Crippen MR) is 117 cm³/mol. The Morgan fingerprint density at radius 1 is 1.19 bits per heavy atom. The highest BCUT2D eigenvalue weighted by molar-refractivity contribution is 7.89. The molecule has 3 aliphatic heterocycles. The summed E-state index contributed by atoms with van der Waals surface area (Å²) in [6.45, 7) is 7.00. The first-order valence-electron chi connectivity index (χ1n) is 11.3. The second kappa shape index (κ2) is 7.99. The summed E-state index contributed by atoms with van der Waals surface area (Å²) in [5, 5.41) is 2.72. The third-order valence-corrected chi connectivity index (χ3v) is 9.29. The van der Waals surface area contributed by atoms with E-state index in [1.165, 1.54) is 4.52 Å². The van der Waals surface area contributed by atoms with Crippen molar-refractivity contribution in [2.45, 2.75) is 69.8 Å². The zero-order valence-electron chi connectivity index (χ0n) is 18.2. The van der Waals surface area contributed by atoms with Crippen molar-refractivity contribution < 1.29 is 13.2 Å². The van der Waals surface area contributed by atoms with Crippen molar-refractivity contribution in [3.63, 3.8) is 0 Å². The molecule has 2 aromatic rings. The summed E-state index contributed by atoms with van der Waals surface area (Å²) in [6, 6.07) is 2.03. The van der Waals surface area contributed by atoms with Crippen molar-refractivity contribution in [3.8, 4) is 0 Å². The van der Waals surface area contributed by atoms with Crippen molar-refractivity contribution >= 4 is 15.7 Å². The largest absolute Gasteiger partial charge is 0.381 e. The van der Waals surface area contributed by atoms with E-state index in [0.717, 1.165) is 68.8 Å². The standard InChI is InChI=1S/C21H31N5O4S/c1-14(2)31(28,29)25-8-3-4-19(25)18-12-20-22-17-5-9-24(15-6-10-30-11-7-15)13-16(17)21(27)26(20)23-18/h12,14-15,19,23H,3-11,13H2,1-2H3/t19-/m1/s1. The first kappa shape index (κ1) is 21.1.